The van der Waals surface area contributed by atoms with Crippen molar-refractivity contribution in [2.75, 3.05) is 25.1 Å². The van der Waals surface area contributed by atoms with Crippen LogP contribution in [0.2, 0.25) is 0 Å². The van der Waals surface area contributed by atoms with E-state index in [0.717, 1.165) is 22.5 Å². The van der Waals surface area contributed by atoms with E-state index in [-0.39, 0.29) is 5.91 Å². The first-order valence-corrected chi connectivity index (χ1v) is 12.8. The Bertz CT molecular complexity index is 1190. The monoisotopic (exact) mass is 483 g/mol. The van der Waals surface area contributed by atoms with Gasteiger partial charge in [0.2, 0.25) is 5.75 Å². The molecule has 1 aliphatic heterocycles. The molecule has 0 radical (unpaired) electrons. The number of hydrogen-bond acceptors (Lipinski definition) is 6. The Kier molecular flexibility index (Phi) is 7.21. The number of aromatic nitrogens is 2. The van der Waals surface area contributed by atoms with E-state index in [4.69, 9.17) is 14.2 Å². The van der Waals surface area contributed by atoms with E-state index < -0.39 is 10.8 Å². The number of ether oxygens (including phenoxy) is 3. The SMILES string of the molecule is CCOc1cc(C(=O)Nc2c3c(nn2-c2ccc(C)cc2)C[S@](=O)C3)cc(OCC)c1OCC. The molecule has 0 unspecified atom stereocenters. The van der Waals surface area contributed by atoms with Crippen molar-refractivity contribution in [2.24, 2.45) is 0 Å². The second kappa shape index (κ2) is 10.3. The van der Waals surface area contributed by atoms with Gasteiger partial charge in [0, 0.05) is 21.9 Å². The molecule has 8 nitrogen and oxygen atoms in total. The average Bonchev–Trinajstić information content (AvgIpc) is 3.33. The predicted molar refractivity (Wildman–Crippen MR) is 132 cm³/mol. The summed E-state index contributed by atoms with van der Waals surface area (Å²) in [4.78, 5) is 13.4. The summed E-state index contributed by atoms with van der Waals surface area (Å²) in [5.74, 6) is 2.27. The molecule has 0 aliphatic carbocycles. The van der Waals surface area contributed by atoms with Crippen LogP contribution in [-0.4, -0.2) is 39.7 Å². The molecule has 0 spiro atoms. The number of amides is 1. The number of hydrogen-bond donors (Lipinski definition) is 1. The van der Waals surface area contributed by atoms with Crippen molar-refractivity contribution in [3.8, 4) is 22.9 Å². The van der Waals surface area contributed by atoms with Gasteiger partial charge in [0.1, 0.15) is 5.82 Å². The molecular formula is C25H29N3O5S. The Hall–Kier alpha value is -3.33. The van der Waals surface area contributed by atoms with Gasteiger partial charge in [-0.15, -0.1) is 0 Å². The van der Waals surface area contributed by atoms with Crippen molar-refractivity contribution in [1.29, 1.82) is 0 Å². The smallest absolute Gasteiger partial charge is 0.257 e. The standard InChI is InChI=1S/C25H29N3O5S/c1-5-31-21-12-17(13-22(32-6-2)23(21)33-7-3)25(29)26-24-19-14-34(30)15-20(19)27-28(24)18-10-8-16(4)9-11-18/h8-13H,5-7,14-15H2,1-4H3,(H,26,29)/t34-/m1/s1. The molecule has 3 aromatic rings. The highest BCUT2D eigenvalue weighted by Crippen LogP contribution is 2.40. The van der Waals surface area contributed by atoms with Crippen LogP contribution in [0.15, 0.2) is 36.4 Å². The molecule has 0 fully saturated rings. The Morgan fingerprint density at radius 3 is 2.21 bits per heavy atom. The van der Waals surface area contributed by atoms with E-state index in [9.17, 15) is 9.00 Å². The van der Waals surface area contributed by atoms with Crippen molar-refractivity contribution >= 4 is 22.5 Å². The number of aryl methyl sites for hydroxylation is 1. The third kappa shape index (κ3) is 4.79. The number of carbonyl (C=O) groups excluding carboxylic acids is 1. The van der Waals surface area contributed by atoms with Crippen LogP contribution < -0.4 is 19.5 Å². The van der Waals surface area contributed by atoms with Crippen LogP contribution in [0.25, 0.3) is 5.69 Å². The molecule has 0 bridgehead atoms. The molecule has 1 N–H and O–H groups in total. The average molecular weight is 484 g/mol. The lowest BCUT2D eigenvalue weighted by Crippen LogP contribution is -2.17. The highest BCUT2D eigenvalue weighted by Gasteiger charge is 2.29. The maximum atomic E-state index is 13.4. The molecule has 0 saturated carbocycles. The lowest BCUT2D eigenvalue weighted by molar-refractivity contribution is 0.102. The highest BCUT2D eigenvalue weighted by molar-refractivity contribution is 7.83. The summed E-state index contributed by atoms with van der Waals surface area (Å²) in [5.41, 5.74) is 3.84. The molecule has 180 valence electrons. The summed E-state index contributed by atoms with van der Waals surface area (Å²) < 4.78 is 31.2. The number of rotatable bonds is 9. The number of anilines is 1. The van der Waals surface area contributed by atoms with Gasteiger partial charge in [0.05, 0.1) is 42.7 Å². The highest BCUT2D eigenvalue weighted by atomic mass is 32.2. The largest absolute Gasteiger partial charge is 0.490 e. The minimum atomic E-state index is -1.03. The minimum absolute atomic E-state index is 0.348. The molecule has 34 heavy (non-hydrogen) atoms. The summed E-state index contributed by atoms with van der Waals surface area (Å²) in [7, 11) is -1.03. The normalized spacial score (nSPS) is 14.5. The summed E-state index contributed by atoms with van der Waals surface area (Å²) in [5, 5.41) is 7.67. The molecule has 1 amide bonds. The van der Waals surface area contributed by atoms with E-state index >= 15 is 0 Å². The van der Waals surface area contributed by atoms with E-state index in [1.54, 1.807) is 16.8 Å². The summed E-state index contributed by atoms with van der Waals surface area (Å²) in [6.45, 7) is 8.88. The van der Waals surface area contributed by atoms with Crippen molar-refractivity contribution < 1.29 is 23.2 Å². The fraction of sp³-hybridized carbons (Fsp3) is 0.360. The maximum Gasteiger partial charge on any atom is 0.257 e. The molecule has 1 aliphatic rings. The lowest BCUT2D eigenvalue weighted by atomic mass is 10.1. The Morgan fingerprint density at radius 2 is 1.62 bits per heavy atom. The van der Waals surface area contributed by atoms with Crippen LogP contribution in [0.4, 0.5) is 5.82 Å². The van der Waals surface area contributed by atoms with Gasteiger partial charge >= 0.3 is 0 Å². The fourth-order valence-electron chi connectivity index (χ4n) is 3.83. The molecule has 2 aromatic carbocycles. The third-order valence-corrected chi connectivity index (χ3v) is 6.56. The van der Waals surface area contributed by atoms with E-state index in [1.165, 1.54) is 0 Å². The topological polar surface area (TPSA) is 91.7 Å². The van der Waals surface area contributed by atoms with Gasteiger partial charge < -0.3 is 19.5 Å². The van der Waals surface area contributed by atoms with Crippen LogP contribution in [0, 0.1) is 6.92 Å². The van der Waals surface area contributed by atoms with Gasteiger partial charge in [0.15, 0.2) is 11.5 Å². The van der Waals surface area contributed by atoms with Crippen LogP contribution in [0.1, 0.15) is 48.0 Å². The first kappa shape index (κ1) is 23.8. The molecule has 1 aromatic heterocycles. The quantitative estimate of drug-likeness (QED) is 0.485. The second-order valence-corrected chi connectivity index (χ2v) is 9.26. The van der Waals surface area contributed by atoms with Gasteiger partial charge in [-0.3, -0.25) is 9.00 Å². The van der Waals surface area contributed by atoms with E-state index in [2.05, 4.69) is 10.4 Å². The maximum absolute atomic E-state index is 13.4. The summed E-state index contributed by atoms with van der Waals surface area (Å²) >= 11 is 0. The molecule has 2 heterocycles. The number of fused-ring (bicyclic) bond motifs is 1. The molecule has 0 saturated heterocycles. The third-order valence-electron chi connectivity index (χ3n) is 5.35. The lowest BCUT2D eigenvalue weighted by Gasteiger charge is -2.17. The molecule has 9 heteroatoms. The van der Waals surface area contributed by atoms with Crippen molar-refractivity contribution in [2.45, 2.75) is 39.2 Å². The van der Waals surface area contributed by atoms with Crippen LogP contribution in [0.3, 0.4) is 0 Å². The Balaban J connectivity index is 1.74. The molecule has 4 rings (SSSR count). The van der Waals surface area contributed by atoms with Gasteiger partial charge in [-0.1, -0.05) is 17.7 Å². The zero-order chi connectivity index (χ0) is 24.2. The zero-order valence-corrected chi connectivity index (χ0v) is 20.7. The van der Waals surface area contributed by atoms with Gasteiger partial charge in [-0.25, -0.2) is 4.68 Å². The number of nitrogens with zero attached hydrogens (tertiary/aromatic N) is 2. The number of carbonyl (C=O) groups is 1. The summed E-state index contributed by atoms with van der Waals surface area (Å²) in [6, 6.07) is 11.2. The minimum Gasteiger partial charge on any atom is -0.490 e. The van der Waals surface area contributed by atoms with Gasteiger partial charge in [0.25, 0.3) is 5.91 Å². The zero-order valence-electron chi connectivity index (χ0n) is 19.8. The Labute approximate surface area is 201 Å². The molecule has 1 atom stereocenters. The van der Waals surface area contributed by atoms with Gasteiger partial charge in [-0.2, -0.15) is 5.10 Å². The first-order valence-electron chi connectivity index (χ1n) is 11.4. The Morgan fingerprint density at radius 1 is 1.00 bits per heavy atom. The summed E-state index contributed by atoms with van der Waals surface area (Å²) in [6.07, 6.45) is 0. The fourth-order valence-corrected chi connectivity index (χ4v) is 5.09. The first-order chi connectivity index (χ1) is 16.4. The van der Waals surface area contributed by atoms with Crippen molar-refractivity contribution in [3.05, 3.63) is 58.8 Å². The number of nitrogens with one attached hydrogen (secondary N) is 1. The van der Waals surface area contributed by atoms with E-state index in [1.807, 2.05) is 52.0 Å². The molecular weight excluding hydrogens is 454 g/mol. The van der Waals surface area contributed by atoms with Crippen molar-refractivity contribution in [1.82, 2.24) is 9.78 Å². The van der Waals surface area contributed by atoms with Gasteiger partial charge in [-0.05, 0) is 52.0 Å². The predicted octanol–water partition coefficient (Wildman–Crippen LogP) is 4.39. The van der Waals surface area contributed by atoms with Crippen LogP contribution in [-0.2, 0) is 22.3 Å². The van der Waals surface area contributed by atoms with Crippen molar-refractivity contribution in [3.63, 3.8) is 0 Å². The van der Waals surface area contributed by atoms with Crippen LogP contribution in [0.5, 0.6) is 17.2 Å². The second-order valence-electron chi connectivity index (χ2n) is 7.80. The number of benzene rings is 2. The van der Waals surface area contributed by atoms with E-state index in [0.29, 0.717) is 60.0 Å². The van der Waals surface area contributed by atoms with Crippen LogP contribution >= 0.6 is 0 Å².